The van der Waals surface area contributed by atoms with Crippen LogP contribution in [0.25, 0.3) is 0 Å². The molecule has 2 heteroatoms. The van der Waals surface area contributed by atoms with E-state index in [9.17, 15) is 5.11 Å². The molecule has 0 spiro atoms. The summed E-state index contributed by atoms with van der Waals surface area (Å²) < 4.78 is 0. The van der Waals surface area contributed by atoms with Crippen molar-refractivity contribution in [1.82, 2.24) is 0 Å². The lowest BCUT2D eigenvalue weighted by Crippen LogP contribution is -2.07. The van der Waals surface area contributed by atoms with E-state index in [0.29, 0.717) is 5.75 Å². The zero-order chi connectivity index (χ0) is 11.4. The number of aliphatic hydroxyl groups is 1. The minimum Gasteiger partial charge on any atom is -0.392 e. The van der Waals surface area contributed by atoms with Gasteiger partial charge < -0.3 is 5.11 Å². The van der Waals surface area contributed by atoms with E-state index in [1.54, 1.807) is 0 Å². The third-order valence-corrected chi connectivity index (χ3v) is 3.27. The molecular weight excluding hydrogens is 204 g/mol. The summed E-state index contributed by atoms with van der Waals surface area (Å²) >= 11 is 4.06. The maximum Gasteiger partial charge on any atom is 0.0628 e. The number of hydrogen-bond donors (Lipinski definition) is 2. The summed E-state index contributed by atoms with van der Waals surface area (Å²) in [5.74, 6) is 0.608. The third kappa shape index (κ3) is 12.2. The third-order valence-electron chi connectivity index (χ3n) is 2.85. The van der Waals surface area contributed by atoms with E-state index in [-0.39, 0.29) is 6.10 Å². The summed E-state index contributed by atoms with van der Waals surface area (Å²) in [5.41, 5.74) is 0. The summed E-state index contributed by atoms with van der Waals surface area (Å²) in [5, 5.41) is 9.28. The van der Waals surface area contributed by atoms with Crippen molar-refractivity contribution >= 4 is 12.6 Å². The van der Waals surface area contributed by atoms with E-state index in [2.05, 4.69) is 19.6 Å². The molecule has 0 rings (SSSR count). The fraction of sp³-hybridized carbons (Fsp3) is 1.00. The van der Waals surface area contributed by atoms with Crippen LogP contribution < -0.4 is 0 Å². The highest BCUT2D eigenvalue weighted by atomic mass is 32.1. The van der Waals surface area contributed by atoms with Gasteiger partial charge in [-0.05, 0) is 6.42 Å². The van der Waals surface area contributed by atoms with Crippen LogP contribution in [0.5, 0.6) is 0 Å². The van der Waals surface area contributed by atoms with Crippen LogP contribution in [0.1, 0.15) is 71.1 Å². The number of thiol groups is 1. The van der Waals surface area contributed by atoms with E-state index >= 15 is 0 Å². The topological polar surface area (TPSA) is 20.2 Å². The second-order valence-electron chi connectivity index (χ2n) is 4.45. The highest BCUT2D eigenvalue weighted by Gasteiger charge is 1.99. The Balaban J connectivity index is 2.92. The molecule has 0 aliphatic rings. The summed E-state index contributed by atoms with van der Waals surface area (Å²) in [7, 11) is 0. The number of aliphatic hydroxyl groups excluding tert-OH is 1. The van der Waals surface area contributed by atoms with Crippen molar-refractivity contribution in [3.05, 3.63) is 0 Å². The summed E-state index contributed by atoms with van der Waals surface area (Å²) in [4.78, 5) is 0. The molecule has 0 aromatic heterocycles. The van der Waals surface area contributed by atoms with Gasteiger partial charge in [0.2, 0.25) is 0 Å². The predicted molar refractivity (Wildman–Crippen MR) is 71.7 cm³/mol. The van der Waals surface area contributed by atoms with Crippen molar-refractivity contribution in [2.24, 2.45) is 0 Å². The van der Waals surface area contributed by atoms with Gasteiger partial charge in [0.15, 0.2) is 0 Å². The lowest BCUT2D eigenvalue weighted by atomic mass is 10.1. The minimum atomic E-state index is -0.183. The van der Waals surface area contributed by atoms with Crippen molar-refractivity contribution in [2.75, 3.05) is 5.75 Å². The van der Waals surface area contributed by atoms with Crippen LogP contribution in [0.2, 0.25) is 0 Å². The zero-order valence-electron chi connectivity index (χ0n) is 10.2. The van der Waals surface area contributed by atoms with Gasteiger partial charge in [0.05, 0.1) is 6.10 Å². The summed E-state index contributed by atoms with van der Waals surface area (Å²) in [6.07, 6.45) is 12.9. The normalized spacial score (nSPS) is 13.0. The Morgan fingerprint density at radius 2 is 1.33 bits per heavy atom. The molecular formula is C13H28OS. The Hall–Kier alpha value is 0.310. The first-order valence-corrected chi connectivity index (χ1v) is 7.23. The van der Waals surface area contributed by atoms with Crippen LogP contribution in [0, 0.1) is 0 Å². The maximum absolute atomic E-state index is 9.28. The molecule has 0 heterocycles. The fourth-order valence-corrected chi connectivity index (χ4v) is 1.96. The van der Waals surface area contributed by atoms with Crippen LogP contribution in [-0.4, -0.2) is 17.0 Å². The molecule has 0 saturated carbocycles. The monoisotopic (exact) mass is 232 g/mol. The molecule has 0 amide bonds. The van der Waals surface area contributed by atoms with Gasteiger partial charge >= 0.3 is 0 Å². The Morgan fingerprint density at radius 1 is 0.867 bits per heavy atom. The summed E-state index contributed by atoms with van der Waals surface area (Å²) in [6, 6.07) is 0. The first-order valence-electron chi connectivity index (χ1n) is 6.60. The Kier molecular flexibility index (Phi) is 12.6. The van der Waals surface area contributed by atoms with E-state index in [1.165, 1.54) is 51.4 Å². The highest BCUT2D eigenvalue weighted by Crippen LogP contribution is 2.11. The van der Waals surface area contributed by atoms with Gasteiger partial charge in [0.1, 0.15) is 0 Å². The van der Waals surface area contributed by atoms with Crippen LogP contribution >= 0.6 is 12.6 Å². The molecule has 0 aliphatic carbocycles. The molecule has 0 aromatic rings. The van der Waals surface area contributed by atoms with Crippen LogP contribution in [0.15, 0.2) is 0 Å². The molecule has 15 heavy (non-hydrogen) atoms. The van der Waals surface area contributed by atoms with Crippen LogP contribution in [0.4, 0.5) is 0 Å². The maximum atomic E-state index is 9.28. The first kappa shape index (κ1) is 15.3. The Labute approximate surface area is 101 Å². The van der Waals surface area contributed by atoms with Crippen molar-refractivity contribution in [2.45, 2.75) is 77.2 Å². The first-order chi connectivity index (χ1) is 7.31. The van der Waals surface area contributed by atoms with E-state index < -0.39 is 0 Å². The smallest absolute Gasteiger partial charge is 0.0628 e. The number of unbranched alkanes of at least 4 members (excludes halogenated alkanes) is 8. The van der Waals surface area contributed by atoms with Gasteiger partial charge in [-0.1, -0.05) is 64.7 Å². The molecule has 0 radical (unpaired) electrons. The standard InChI is InChI=1S/C13H28OS/c1-2-3-4-5-6-7-8-9-10-11-13(14)12-15/h13-15H,2-12H2,1H3. The molecule has 0 aliphatic heterocycles. The van der Waals surface area contributed by atoms with E-state index in [0.717, 1.165) is 12.8 Å². The van der Waals surface area contributed by atoms with Crippen LogP contribution in [-0.2, 0) is 0 Å². The fourth-order valence-electron chi connectivity index (χ4n) is 1.78. The lowest BCUT2D eigenvalue weighted by molar-refractivity contribution is 0.185. The van der Waals surface area contributed by atoms with Crippen molar-refractivity contribution in [1.29, 1.82) is 0 Å². The molecule has 0 saturated heterocycles. The molecule has 0 aromatic carbocycles. The largest absolute Gasteiger partial charge is 0.392 e. The quantitative estimate of drug-likeness (QED) is 0.404. The molecule has 1 unspecified atom stereocenters. The molecule has 0 fully saturated rings. The number of hydrogen-bond acceptors (Lipinski definition) is 2. The Morgan fingerprint density at radius 3 is 1.80 bits per heavy atom. The molecule has 0 bridgehead atoms. The molecule has 1 nitrogen and oxygen atoms in total. The van der Waals surface area contributed by atoms with E-state index in [1.807, 2.05) is 0 Å². The van der Waals surface area contributed by atoms with Crippen molar-refractivity contribution < 1.29 is 5.11 Å². The van der Waals surface area contributed by atoms with Crippen molar-refractivity contribution in [3.63, 3.8) is 0 Å². The van der Waals surface area contributed by atoms with Gasteiger partial charge in [-0.3, -0.25) is 0 Å². The molecule has 1 atom stereocenters. The average molecular weight is 232 g/mol. The van der Waals surface area contributed by atoms with E-state index in [4.69, 9.17) is 0 Å². The van der Waals surface area contributed by atoms with Crippen molar-refractivity contribution in [3.8, 4) is 0 Å². The van der Waals surface area contributed by atoms with Gasteiger partial charge in [-0.25, -0.2) is 0 Å². The SMILES string of the molecule is CCCCCCCCCCCC(O)CS. The lowest BCUT2D eigenvalue weighted by Gasteiger charge is -2.06. The van der Waals surface area contributed by atoms with Gasteiger partial charge in [-0.15, -0.1) is 0 Å². The summed E-state index contributed by atoms with van der Waals surface area (Å²) in [6.45, 7) is 2.26. The average Bonchev–Trinajstić information content (AvgIpc) is 2.26. The highest BCUT2D eigenvalue weighted by molar-refractivity contribution is 7.80. The predicted octanol–water partition coefficient (Wildman–Crippen LogP) is 4.20. The second kappa shape index (κ2) is 12.4. The Bertz CT molecular complexity index is 117. The van der Waals surface area contributed by atoms with Gasteiger partial charge in [0, 0.05) is 5.75 Å². The van der Waals surface area contributed by atoms with Gasteiger partial charge in [0.25, 0.3) is 0 Å². The molecule has 1 N–H and O–H groups in total. The van der Waals surface area contributed by atoms with Gasteiger partial charge in [-0.2, -0.15) is 12.6 Å². The molecule has 92 valence electrons. The second-order valence-corrected chi connectivity index (χ2v) is 4.82. The number of rotatable bonds is 11. The zero-order valence-corrected chi connectivity index (χ0v) is 11.1. The van der Waals surface area contributed by atoms with Crippen LogP contribution in [0.3, 0.4) is 0 Å². The minimum absolute atomic E-state index is 0.183.